The summed E-state index contributed by atoms with van der Waals surface area (Å²) >= 11 is 13.2. The van der Waals surface area contributed by atoms with Crippen LogP contribution in [0.4, 0.5) is 0 Å². The normalized spacial score (nSPS) is 18.3. The van der Waals surface area contributed by atoms with Crippen molar-refractivity contribution in [2.75, 3.05) is 26.2 Å². The Morgan fingerprint density at radius 3 is 1.87 bits per heavy atom. The SMILES string of the molecule is CC(C)[Si](C(C)C)(C(C)C)n1ccc2c(C(=O)C3CCCN(Cc4ccccc4)C3)c(Cl)cnc21.N/N=C(/c1c(Cl)cnc2[nH]ccc12)C1CCCN(Cc2ccccc2)C1. The molecule has 0 radical (unpaired) electrons. The highest BCUT2D eigenvalue weighted by atomic mass is 35.5. The molecule has 2 aromatic carbocycles. The fraction of sp³-hybridized carbons (Fsp3) is 0.429. The second kappa shape index (κ2) is 19.8. The first-order valence-corrected chi connectivity index (χ1v) is 25.0. The third kappa shape index (κ3) is 9.39. The quantitative estimate of drug-likeness (QED) is 0.0417. The summed E-state index contributed by atoms with van der Waals surface area (Å²) in [7, 11) is -1.99. The van der Waals surface area contributed by atoms with E-state index < -0.39 is 8.24 Å². The van der Waals surface area contributed by atoms with Gasteiger partial charge in [-0.25, -0.2) is 9.97 Å². The minimum absolute atomic E-state index is 0.0405. The Labute approximate surface area is 372 Å². The number of halogens is 2. The first-order chi connectivity index (χ1) is 29.4. The first-order valence-electron chi connectivity index (χ1n) is 22.1. The van der Waals surface area contributed by atoms with E-state index in [4.69, 9.17) is 34.0 Å². The number of likely N-dealkylation sites (tertiary alicyclic amines) is 2. The minimum atomic E-state index is -1.99. The van der Waals surface area contributed by atoms with Crippen LogP contribution in [0.5, 0.6) is 0 Å². The predicted molar refractivity (Wildman–Crippen MR) is 256 cm³/mol. The number of nitrogens with two attached hydrogens (primary N) is 1. The Balaban J connectivity index is 0.000000192. The lowest BCUT2D eigenvalue weighted by Crippen LogP contribution is -2.51. The number of piperidine rings is 2. The van der Waals surface area contributed by atoms with E-state index in [2.05, 4.69) is 138 Å². The summed E-state index contributed by atoms with van der Waals surface area (Å²) in [6.45, 7) is 19.7. The van der Waals surface area contributed by atoms with Crippen LogP contribution in [0, 0.1) is 11.8 Å². The average Bonchev–Trinajstić information content (AvgIpc) is 3.91. The summed E-state index contributed by atoms with van der Waals surface area (Å²) in [5, 5.41) is 7.15. The Morgan fingerprint density at radius 2 is 1.30 bits per heavy atom. The van der Waals surface area contributed by atoms with Gasteiger partial charge in [0.1, 0.15) is 11.3 Å². The predicted octanol–water partition coefficient (Wildman–Crippen LogP) is 11.6. The molecule has 0 aliphatic carbocycles. The number of fused-ring (bicyclic) bond motifs is 2. The number of carbonyl (C=O) groups is 1. The van der Waals surface area contributed by atoms with Crippen LogP contribution < -0.4 is 5.84 Å². The molecular formula is C49H62Cl2N8OSi. The molecule has 2 fully saturated rings. The number of pyridine rings is 2. The molecule has 322 valence electrons. The van der Waals surface area contributed by atoms with E-state index in [0.29, 0.717) is 32.2 Å². The standard InChI is InChI=1S/C29H40ClN3OSi.C20H22ClN5/c1-20(2)35(21(3)4,22(5)6)33-16-14-25-27(26(30)17-31-29(25)33)28(34)24-13-10-15-32(19-24)18-23-11-8-7-9-12-23;21-17-11-24-20-16(8-9-23-20)18(17)19(25-22)15-7-4-10-26(13-15)12-14-5-2-1-3-6-14/h7-9,11-12,14,16-17,20-22,24H,10,13,15,18-19H2,1-6H3;1-3,5-6,8-9,11,15H,4,7,10,12-13,22H2,(H,23,24)/b;25-19+. The number of aromatic nitrogens is 4. The fourth-order valence-corrected chi connectivity index (χ4v) is 17.8. The van der Waals surface area contributed by atoms with Crippen LogP contribution >= 0.6 is 23.2 Å². The Bertz CT molecular complexity index is 2410. The van der Waals surface area contributed by atoms with Gasteiger partial charge in [0.2, 0.25) is 0 Å². The van der Waals surface area contributed by atoms with Gasteiger partial charge in [0, 0.05) is 78.5 Å². The number of benzene rings is 2. The molecule has 0 bridgehead atoms. The molecule has 9 nitrogen and oxygen atoms in total. The van der Waals surface area contributed by atoms with E-state index >= 15 is 0 Å². The summed E-state index contributed by atoms with van der Waals surface area (Å²) in [5.41, 5.74) is 8.43. The van der Waals surface area contributed by atoms with Gasteiger partial charge >= 0.3 is 0 Å². The van der Waals surface area contributed by atoms with E-state index in [1.165, 1.54) is 11.1 Å². The molecule has 0 amide bonds. The van der Waals surface area contributed by atoms with Crippen molar-refractivity contribution in [3.05, 3.63) is 130 Å². The van der Waals surface area contributed by atoms with Crippen molar-refractivity contribution in [2.24, 2.45) is 22.8 Å². The number of rotatable bonds is 12. The maximum atomic E-state index is 14.0. The van der Waals surface area contributed by atoms with Gasteiger partial charge in [-0.05, 0) is 84.9 Å². The van der Waals surface area contributed by atoms with Crippen LogP contribution in [0.25, 0.3) is 22.1 Å². The molecule has 12 heteroatoms. The van der Waals surface area contributed by atoms with E-state index in [9.17, 15) is 4.79 Å². The lowest BCUT2D eigenvalue weighted by molar-refractivity contribution is 0.0813. The third-order valence-electron chi connectivity index (χ3n) is 13.3. The molecule has 2 atom stereocenters. The molecule has 61 heavy (non-hydrogen) atoms. The molecule has 2 aliphatic heterocycles. The van der Waals surface area contributed by atoms with E-state index in [1.807, 2.05) is 18.3 Å². The maximum Gasteiger partial charge on any atom is 0.171 e. The summed E-state index contributed by atoms with van der Waals surface area (Å²) in [6.07, 6.45) is 11.6. The number of aromatic amines is 1. The Kier molecular flexibility index (Phi) is 14.5. The van der Waals surface area contributed by atoms with E-state index in [0.717, 1.165) is 98.3 Å². The van der Waals surface area contributed by atoms with Crippen LogP contribution in [-0.4, -0.2) is 74.9 Å². The number of hydrogen-bond donors (Lipinski definition) is 2. The van der Waals surface area contributed by atoms with Gasteiger partial charge in [-0.3, -0.25) is 14.6 Å². The van der Waals surface area contributed by atoms with Crippen molar-refractivity contribution in [1.29, 1.82) is 0 Å². The molecule has 8 rings (SSSR count). The minimum Gasteiger partial charge on any atom is -0.359 e. The van der Waals surface area contributed by atoms with Crippen LogP contribution in [0.2, 0.25) is 26.7 Å². The molecule has 0 spiro atoms. The summed E-state index contributed by atoms with van der Waals surface area (Å²) in [5.74, 6) is 6.23. The number of ketones is 1. The van der Waals surface area contributed by atoms with Gasteiger partial charge in [0.15, 0.2) is 14.0 Å². The molecule has 2 aliphatic rings. The molecule has 3 N–H and O–H groups in total. The van der Waals surface area contributed by atoms with Crippen molar-refractivity contribution < 1.29 is 4.79 Å². The second-order valence-corrected chi connectivity index (χ2v) is 24.5. The third-order valence-corrected chi connectivity index (χ3v) is 20.6. The van der Waals surface area contributed by atoms with E-state index in [1.54, 1.807) is 12.4 Å². The van der Waals surface area contributed by atoms with E-state index in [-0.39, 0.29) is 17.6 Å². The molecule has 0 saturated carbocycles. The Morgan fingerprint density at radius 1 is 0.754 bits per heavy atom. The molecule has 2 saturated heterocycles. The topological polar surface area (TPSA) is 108 Å². The summed E-state index contributed by atoms with van der Waals surface area (Å²) < 4.78 is 2.47. The van der Waals surface area contributed by atoms with Crippen molar-refractivity contribution >= 4 is 65.0 Å². The highest BCUT2D eigenvalue weighted by Gasteiger charge is 2.46. The van der Waals surface area contributed by atoms with Gasteiger partial charge in [0.05, 0.1) is 15.8 Å². The number of H-pyrrole nitrogens is 1. The van der Waals surface area contributed by atoms with Crippen LogP contribution in [-0.2, 0) is 13.1 Å². The van der Waals surface area contributed by atoms with Crippen molar-refractivity contribution in [2.45, 2.75) is 96.9 Å². The van der Waals surface area contributed by atoms with Crippen LogP contribution in [0.15, 0.2) is 103 Å². The smallest absolute Gasteiger partial charge is 0.171 e. The zero-order valence-corrected chi connectivity index (χ0v) is 39.1. The lowest BCUT2D eigenvalue weighted by Gasteiger charge is -2.44. The molecule has 6 aromatic rings. The van der Waals surface area contributed by atoms with Crippen LogP contribution in [0.3, 0.4) is 0 Å². The zero-order chi connectivity index (χ0) is 43.3. The summed E-state index contributed by atoms with van der Waals surface area (Å²) in [6, 6.07) is 25.2. The maximum absolute atomic E-state index is 14.0. The average molecular weight is 878 g/mol. The van der Waals surface area contributed by atoms with Crippen molar-refractivity contribution in [3.8, 4) is 0 Å². The number of hydrogen-bond acceptors (Lipinski definition) is 7. The van der Waals surface area contributed by atoms with Gasteiger partial charge in [0.25, 0.3) is 0 Å². The number of carbonyl (C=O) groups excluding carboxylic acids is 1. The lowest BCUT2D eigenvalue weighted by atomic mass is 9.88. The van der Waals surface area contributed by atoms with Gasteiger partial charge in [-0.1, -0.05) is 125 Å². The van der Waals surface area contributed by atoms with Crippen LogP contribution in [0.1, 0.15) is 94.3 Å². The van der Waals surface area contributed by atoms with Gasteiger partial charge in [-0.15, -0.1) is 0 Å². The molecule has 6 heterocycles. The zero-order valence-electron chi connectivity index (χ0n) is 36.6. The van der Waals surface area contributed by atoms with Gasteiger partial charge < -0.3 is 15.1 Å². The highest BCUT2D eigenvalue weighted by molar-refractivity contribution is 6.82. The molecular weight excluding hydrogens is 816 g/mol. The fourth-order valence-electron chi connectivity index (χ4n) is 10.8. The molecule has 4 aromatic heterocycles. The second-order valence-electron chi connectivity index (χ2n) is 18.0. The number of hydrazone groups is 1. The Hall–Kier alpha value is -4.32. The molecule has 2 unspecified atom stereocenters. The number of Topliss-reactive ketones (excluding diaryl/α,β-unsaturated/α-hetero) is 1. The van der Waals surface area contributed by atoms with Crippen molar-refractivity contribution in [3.63, 3.8) is 0 Å². The first kappa shape index (κ1) is 44.7. The summed E-state index contributed by atoms with van der Waals surface area (Å²) in [4.78, 5) is 31.1. The highest BCUT2D eigenvalue weighted by Crippen LogP contribution is 2.45. The van der Waals surface area contributed by atoms with Gasteiger partial charge in [-0.2, -0.15) is 5.10 Å². The largest absolute Gasteiger partial charge is 0.359 e. The number of nitrogens with zero attached hydrogens (tertiary/aromatic N) is 6. The van der Waals surface area contributed by atoms with Crippen molar-refractivity contribution in [1.82, 2.24) is 29.0 Å². The number of nitrogens with one attached hydrogen (secondary N) is 1. The monoisotopic (exact) mass is 876 g/mol.